The zero-order valence-corrected chi connectivity index (χ0v) is 7.60. The molecule has 1 saturated carbocycles. The Balaban J connectivity index is 2.01. The van der Waals surface area contributed by atoms with E-state index in [4.69, 9.17) is 4.74 Å². The maximum atomic E-state index is 5.48. The maximum absolute atomic E-state index is 5.48. The minimum absolute atomic E-state index is 0.338. The molecule has 14 heavy (non-hydrogen) atoms. The van der Waals surface area contributed by atoms with Crippen molar-refractivity contribution in [1.29, 1.82) is 0 Å². The van der Waals surface area contributed by atoms with E-state index >= 15 is 0 Å². The van der Waals surface area contributed by atoms with Crippen molar-refractivity contribution in [3.63, 3.8) is 0 Å². The second-order valence-corrected chi connectivity index (χ2v) is 3.45. The Hall–Kier alpha value is -1.64. The Morgan fingerprint density at radius 3 is 3.00 bits per heavy atom. The molecule has 69 valence electrons. The molecule has 3 heteroatoms. The molecule has 0 aliphatic heterocycles. The Labute approximate surface area is 81.8 Å². The number of aromatic nitrogens is 2. The third kappa shape index (κ3) is 1.41. The number of hydrogen-bond acceptors (Lipinski definition) is 3. The summed E-state index contributed by atoms with van der Waals surface area (Å²) >= 11 is 0. The maximum Gasteiger partial charge on any atom is 0.317 e. The van der Waals surface area contributed by atoms with Crippen LogP contribution in [0.25, 0.3) is 10.9 Å². The van der Waals surface area contributed by atoms with Crippen LogP contribution in [-0.2, 0) is 0 Å². The summed E-state index contributed by atoms with van der Waals surface area (Å²) in [4.78, 5) is 8.32. The standard InChI is InChI=1S/C11H9N2O/c1-2-4-10-8(3-1)7-12-11(13-10)14-9-5-6-9/h1-4,9H,5-6H2. The van der Waals surface area contributed by atoms with Crippen molar-refractivity contribution in [2.24, 2.45) is 0 Å². The average molecular weight is 185 g/mol. The largest absolute Gasteiger partial charge is 0.460 e. The van der Waals surface area contributed by atoms with E-state index in [0.717, 1.165) is 23.7 Å². The Bertz CT molecular complexity index is 466. The summed E-state index contributed by atoms with van der Waals surface area (Å²) in [5, 5.41) is 0.927. The van der Waals surface area contributed by atoms with Crippen molar-refractivity contribution in [2.45, 2.75) is 18.9 Å². The van der Waals surface area contributed by atoms with E-state index in [1.807, 2.05) is 24.3 Å². The Morgan fingerprint density at radius 1 is 1.29 bits per heavy atom. The van der Waals surface area contributed by atoms with Gasteiger partial charge in [-0.05, 0) is 18.9 Å². The molecule has 0 spiro atoms. The van der Waals surface area contributed by atoms with Crippen LogP contribution in [0, 0.1) is 6.20 Å². The average Bonchev–Trinajstić information content (AvgIpc) is 3.02. The van der Waals surface area contributed by atoms with Gasteiger partial charge in [-0.3, -0.25) is 0 Å². The van der Waals surface area contributed by atoms with Gasteiger partial charge in [-0.15, -0.1) is 0 Å². The van der Waals surface area contributed by atoms with Crippen LogP contribution in [0.4, 0.5) is 0 Å². The van der Waals surface area contributed by atoms with Crippen LogP contribution in [0.15, 0.2) is 24.3 Å². The molecule has 3 nitrogen and oxygen atoms in total. The fraction of sp³-hybridized carbons (Fsp3) is 0.273. The summed E-state index contributed by atoms with van der Waals surface area (Å²) in [6.45, 7) is 0. The van der Waals surface area contributed by atoms with Gasteiger partial charge in [-0.2, -0.15) is 9.97 Å². The first-order chi connectivity index (χ1) is 6.92. The fourth-order valence-corrected chi connectivity index (χ4v) is 1.29. The SMILES string of the molecule is [c]1nc(OC2CC2)nc2ccccc12. The van der Waals surface area contributed by atoms with Crippen LogP contribution in [0.1, 0.15) is 12.8 Å². The second-order valence-electron chi connectivity index (χ2n) is 3.45. The van der Waals surface area contributed by atoms with Crippen molar-refractivity contribution < 1.29 is 4.74 Å². The molecule has 1 aromatic heterocycles. The second kappa shape index (κ2) is 2.94. The highest BCUT2D eigenvalue weighted by Crippen LogP contribution is 2.25. The Morgan fingerprint density at radius 2 is 2.14 bits per heavy atom. The first-order valence-electron chi connectivity index (χ1n) is 4.73. The summed E-state index contributed by atoms with van der Waals surface area (Å²) in [5.74, 6) is 0. The van der Waals surface area contributed by atoms with Gasteiger partial charge in [0.1, 0.15) is 12.3 Å². The van der Waals surface area contributed by atoms with Crippen LogP contribution in [0.2, 0.25) is 0 Å². The molecule has 1 aliphatic carbocycles. The van der Waals surface area contributed by atoms with Crippen LogP contribution < -0.4 is 4.74 Å². The van der Waals surface area contributed by atoms with Gasteiger partial charge in [0.05, 0.1) is 5.52 Å². The molecule has 0 saturated heterocycles. The van der Waals surface area contributed by atoms with Crippen LogP contribution in [-0.4, -0.2) is 16.1 Å². The van der Waals surface area contributed by atoms with Crippen molar-refractivity contribution >= 4 is 10.9 Å². The summed E-state index contributed by atoms with van der Waals surface area (Å²) in [7, 11) is 0. The van der Waals surface area contributed by atoms with E-state index in [0.29, 0.717) is 12.1 Å². The lowest BCUT2D eigenvalue weighted by atomic mass is 10.2. The molecule has 3 rings (SSSR count). The van der Waals surface area contributed by atoms with Gasteiger partial charge in [-0.1, -0.05) is 18.2 Å². The summed E-state index contributed by atoms with van der Waals surface area (Å²) in [6.07, 6.45) is 5.50. The van der Waals surface area contributed by atoms with Crippen LogP contribution in [0.3, 0.4) is 0 Å². The van der Waals surface area contributed by atoms with E-state index in [9.17, 15) is 0 Å². The first kappa shape index (κ1) is 7.74. The van der Waals surface area contributed by atoms with Gasteiger partial charge in [0.15, 0.2) is 0 Å². The van der Waals surface area contributed by atoms with Crippen molar-refractivity contribution in [3.05, 3.63) is 30.5 Å². The van der Waals surface area contributed by atoms with E-state index in [1.54, 1.807) is 0 Å². The molecule has 2 aromatic rings. The quantitative estimate of drug-likeness (QED) is 0.717. The Kier molecular flexibility index (Phi) is 1.63. The van der Waals surface area contributed by atoms with Crippen molar-refractivity contribution in [2.75, 3.05) is 0 Å². The predicted molar refractivity (Wildman–Crippen MR) is 52.0 cm³/mol. The molecule has 0 amide bonds. The smallest absolute Gasteiger partial charge is 0.317 e. The molecule has 0 atom stereocenters. The van der Waals surface area contributed by atoms with Gasteiger partial charge in [0, 0.05) is 5.39 Å². The van der Waals surface area contributed by atoms with E-state index in [2.05, 4.69) is 16.2 Å². The van der Waals surface area contributed by atoms with Gasteiger partial charge >= 0.3 is 6.01 Å². The molecular formula is C11H9N2O. The third-order valence-corrected chi connectivity index (χ3v) is 2.19. The number of nitrogens with zero attached hydrogens (tertiary/aromatic N) is 2. The minimum atomic E-state index is 0.338. The highest BCUT2D eigenvalue weighted by Gasteiger charge is 2.24. The predicted octanol–water partition coefficient (Wildman–Crippen LogP) is 1.97. The zero-order chi connectivity index (χ0) is 9.38. The number of fused-ring (bicyclic) bond motifs is 1. The molecule has 1 aliphatic rings. The van der Waals surface area contributed by atoms with E-state index in [-0.39, 0.29) is 0 Å². The van der Waals surface area contributed by atoms with Crippen molar-refractivity contribution in [3.8, 4) is 6.01 Å². The molecular weight excluding hydrogens is 176 g/mol. The van der Waals surface area contributed by atoms with Crippen LogP contribution >= 0.6 is 0 Å². The lowest BCUT2D eigenvalue weighted by Crippen LogP contribution is -2.00. The fourth-order valence-electron chi connectivity index (χ4n) is 1.29. The van der Waals surface area contributed by atoms with E-state index < -0.39 is 0 Å². The van der Waals surface area contributed by atoms with Gasteiger partial charge in [-0.25, -0.2) is 0 Å². The lowest BCUT2D eigenvalue weighted by molar-refractivity contribution is 0.279. The topological polar surface area (TPSA) is 35.0 Å². The molecule has 1 radical (unpaired) electrons. The van der Waals surface area contributed by atoms with Gasteiger partial charge in [0.2, 0.25) is 0 Å². The first-order valence-corrected chi connectivity index (χ1v) is 4.73. The van der Waals surface area contributed by atoms with Crippen LogP contribution in [0.5, 0.6) is 6.01 Å². The molecule has 0 N–H and O–H groups in total. The summed E-state index contributed by atoms with van der Waals surface area (Å²) in [5.41, 5.74) is 0.887. The van der Waals surface area contributed by atoms with Crippen molar-refractivity contribution in [1.82, 2.24) is 9.97 Å². The molecule has 0 bridgehead atoms. The van der Waals surface area contributed by atoms with Gasteiger partial charge < -0.3 is 4.74 Å². The highest BCUT2D eigenvalue weighted by atomic mass is 16.5. The molecule has 0 unspecified atom stereocenters. The number of ether oxygens (including phenoxy) is 1. The summed E-state index contributed by atoms with van der Waals surface area (Å²) < 4.78 is 5.48. The highest BCUT2D eigenvalue weighted by molar-refractivity contribution is 5.76. The minimum Gasteiger partial charge on any atom is -0.460 e. The normalized spacial score (nSPS) is 15.7. The number of benzene rings is 1. The number of para-hydroxylation sites is 1. The monoisotopic (exact) mass is 185 g/mol. The lowest BCUT2D eigenvalue weighted by Gasteiger charge is -2.01. The molecule has 1 aromatic carbocycles. The molecule has 1 fully saturated rings. The number of hydrogen-bond donors (Lipinski definition) is 0. The molecule has 1 heterocycles. The van der Waals surface area contributed by atoms with E-state index in [1.165, 1.54) is 0 Å². The zero-order valence-electron chi connectivity index (χ0n) is 7.60. The van der Waals surface area contributed by atoms with Gasteiger partial charge in [0.25, 0.3) is 0 Å². The summed E-state index contributed by atoms with van der Waals surface area (Å²) in [6, 6.07) is 8.23. The third-order valence-electron chi connectivity index (χ3n) is 2.19. The number of rotatable bonds is 2.